The first-order valence-corrected chi connectivity index (χ1v) is 10.6. The second-order valence-electron chi connectivity index (χ2n) is 7.39. The van der Waals surface area contributed by atoms with Crippen LogP contribution in [-0.2, 0) is 0 Å². The molecule has 0 amide bonds. The molecule has 0 spiro atoms. The summed E-state index contributed by atoms with van der Waals surface area (Å²) in [6.07, 6.45) is 0.202. The third kappa shape index (κ3) is 7.70. The van der Waals surface area contributed by atoms with Gasteiger partial charge < -0.3 is 30.1 Å². The number of guanidine groups is 1. The normalized spacial score (nSPS) is 16.8. The molecular weight excluding hydrogens is 526 g/mol. The molecule has 2 unspecified atom stereocenters. The van der Waals surface area contributed by atoms with E-state index in [1.807, 2.05) is 25.1 Å². The quantitative estimate of drug-likeness (QED) is 0.250. The summed E-state index contributed by atoms with van der Waals surface area (Å²) in [5.74, 6) is 1.72. The van der Waals surface area contributed by atoms with Crippen molar-refractivity contribution >= 4 is 35.6 Å². The number of hydrogen-bond donors (Lipinski definition) is 3. The van der Waals surface area contributed by atoms with Crippen LogP contribution in [0.5, 0.6) is 11.5 Å². The van der Waals surface area contributed by atoms with Gasteiger partial charge in [0, 0.05) is 25.7 Å². The van der Waals surface area contributed by atoms with Crippen molar-refractivity contribution in [1.29, 1.82) is 0 Å². The van der Waals surface area contributed by atoms with Crippen molar-refractivity contribution in [2.45, 2.75) is 25.5 Å². The van der Waals surface area contributed by atoms with Gasteiger partial charge in [-0.2, -0.15) is 0 Å². The number of nitrogens with zero attached hydrogens (tertiary/aromatic N) is 2. The third-order valence-corrected chi connectivity index (χ3v) is 5.02. The number of ether oxygens (including phenoxy) is 2. The molecule has 0 aromatic heterocycles. The second kappa shape index (κ2) is 13.3. The van der Waals surface area contributed by atoms with E-state index in [1.54, 1.807) is 7.11 Å². The predicted molar refractivity (Wildman–Crippen MR) is 136 cm³/mol. The summed E-state index contributed by atoms with van der Waals surface area (Å²) in [6.45, 7) is 4.75. The lowest BCUT2D eigenvalue weighted by Crippen LogP contribution is -2.45. The topological polar surface area (TPSA) is 78.4 Å². The lowest BCUT2D eigenvalue weighted by Gasteiger charge is -2.22. The van der Waals surface area contributed by atoms with E-state index in [9.17, 15) is 9.50 Å². The highest BCUT2D eigenvalue weighted by Crippen LogP contribution is 2.30. The number of rotatable bonds is 9. The lowest BCUT2D eigenvalue weighted by molar-refractivity contribution is 0.114. The van der Waals surface area contributed by atoms with Crippen LogP contribution in [0.2, 0.25) is 0 Å². The highest BCUT2D eigenvalue weighted by atomic mass is 127. The van der Waals surface area contributed by atoms with Gasteiger partial charge in [-0.15, -0.1) is 24.0 Å². The van der Waals surface area contributed by atoms with Crippen molar-refractivity contribution in [2.75, 3.05) is 44.8 Å². The van der Waals surface area contributed by atoms with Gasteiger partial charge in [0.1, 0.15) is 30.0 Å². The molecule has 1 saturated heterocycles. The van der Waals surface area contributed by atoms with E-state index in [1.165, 1.54) is 24.3 Å². The maximum atomic E-state index is 12.9. The lowest BCUT2D eigenvalue weighted by atomic mass is 10.2. The van der Waals surface area contributed by atoms with Crippen molar-refractivity contribution in [3.63, 3.8) is 0 Å². The average molecular weight is 558 g/mol. The summed E-state index contributed by atoms with van der Waals surface area (Å²) in [6, 6.07) is 14.0. The number of aliphatic hydroxyl groups excluding tert-OH is 1. The van der Waals surface area contributed by atoms with Crippen LogP contribution in [0.25, 0.3) is 0 Å². The molecule has 32 heavy (non-hydrogen) atoms. The van der Waals surface area contributed by atoms with Gasteiger partial charge in [0.25, 0.3) is 0 Å². The van der Waals surface area contributed by atoms with Crippen molar-refractivity contribution in [3.05, 3.63) is 54.3 Å². The van der Waals surface area contributed by atoms with Crippen LogP contribution >= 0.6 is 24.0 Å². The molecule has 1 aliphatic heterocycles. The Labute approximate surface area is 206 Å². The number of aliphatic hydroxyl groups is 1. The van der Waals surface area contributed by atoms with Crippen LogP contribution < -0.4 is 25.0 Å². The first kappa shape index (κ1) is 26.0. The van der Waals surface area contributed by atoms with Gasteiger partial charge in [0.05, 0.1) is 19.3 Å². The van der Waals surface area contributed by atoms with E-state index in [2.05, 4.69) is 26.6 Å². The smallest absolute Gasteiger partial charge is 0.191 e. The third-order valence-electron chi connectivity index (χ3n) is 5.02. The van der Waals surface area contributed by atoms with E-state index >= 15 is 0 Å². The molecule has 2 atom stereocenters. The van der Waals surface area contributed by atoms with E-state index < -0.39 is 6.10 Å². The molecule has 2 aromatic rings. The Bertz CT molecular complexity index is 853. The zero-order valence-electron chi connectivity index (χ0n) is 18.5. The fraction of sp³-hybridized carbons (Fsp3) is 0.435. The Hall–Kier alpha value is -2.27. The minimum absolute atomic E-state index is 0. The Morgan fingerprint density at radius 1 is 1.25 bits per heavy atom. The summed E-state index contributed by atoms with van der Waals surface area (Å²) in [7, 11) is 1.69. The van der Waals surface area contributed by atoms with Crippen LogP contribution in [-0.4, -0.2) is 63.1 Å². The molecule has 9 heteroatoms. The fourth-order valence-electron chi connectivity index (χ4n) is 3.47. The number of halogens is 2. The van der Waals surface area contributed by atoms with E-state index in [0.717, 1.165) is 37.5 Å². The molecule has 0 bridgehead atoms. The van der Waals surface area contributed by atoms with Gasteiger partial charge in [-0.3, -0.25) is 4.99 Å². The monoisotopic (exact) mass is 558 g/mol. The molecule has 2 aromatic carbocycles. The molecule has 0 aliphatic carbocycles. The summed E-state index contributed by atoms with van der Waals surface area (Å²) < 4.78 is 23.9. The number of para-hydroxylation sites is 2. The summed E-state index contributed by atoms with van der Waals surface area (Å²) in [5.41, 5.74) is 1.09. The minimum atomic E-state index is -0.769. The summed E-state index contributed by atoms with van der Waals surface area (Å²) in [4.78, 5) is 6.79. The SMILES string of the molecule is CCNC(=NCC(O)COc1ccc(F)cc1)NC1CCN(c2ccccc2OC)C1.I. The minimum Gasteiger partial charge on any atom is -0.495 e. The number of aliphatic imine (C=N–C) groups is 1. The van der Waals surface area contributed by atoms with E-state index in [0.29, 0.717) is 11.7 Å². The highest BCUT2D eigenvalue weighted by Gasteiger charge is 2.25. The van der Waals surface area contributed by atoms with Crippen LogP contribution in [0.3, 0.4) is 0 Å². The number of benzene rings is 2. The van der Waals surface area contributed by atoms with E-state index in [-0.39, 0.29) is 49.0 Å². The summed E-state index contributed by atoms with van der Waals surface area (Å²) >= 11 is 0. The van der Waals surface area contributed by atoms with Crippen LogP contribution in [0.1, 0.15) is 13.3 Å². The van der Waals surface area contributed by atoms with Gasteiger partial charge >= 0.3 is 0 Å². The number of methoxy groups -OCH3 is 1. The van der Waals surface area contributed by atoms with Gasteiger partial charge in [-0.1, -0.05) is 12.1 Å². The standard InChI is InChI=1S/C23H31FN4O3.HI/c1-3-25-23(26-14-19(29)16-31-20-10-8-17(24)9-11-20)27-18-12-13-28(15-18)21-6-4-5-7-22(21)30-2;/h4-11,18-19,29H,3,12-16H2,1-2H3,(H2,25,26,27);1H. The predicted octanol–water partition coefficient (Wildman–Crippen LogP) is 3.03. The molecule has 1 fully saturated rings. The zero-order valence-corrected chi connectivity index (χ0v) is 20.8. The molecule has 1 heterocycles. The van der Waals surface area contributed by atoms with E-state index in [4.69, 9.17) is 9.47 Å². The number of anilines is 1. The number of nitrogens with one attached hydrogen (secondary N) is 2. The first-order valence-electron chi connectivity index (χ1n) is 10.6. The molecule has 176 valence electrons. The largest absolute Gasteiger partial charge is 0.495 e. The van der Waals surface area contributed by atoms with Crippen molar-refractivity contribution < 1.29 is 19.0 Å². The Balaban J connectivity index is 0.00000363. The summed E-state index contributed by atoms with van der Waals surface area (Å²) in [5, 5.41) is 16.9. The molecule has 7 nitrogen and oxygen atoms in total. The Kier molecular flexibility index (Phi) is 10.8. The molecule has 0 radical (unpaired) electrons. The highest BCUT2D eigenvalue weighted by molar-refractivity contribution is 14.0. The number of hydrogen-bond acceptors (Lipinski definition) is 5. The second-order valence-corrected chi connectivity index (χ2v) is 7.39. The Morgan fingerprint density at radius 3 is 2.72 bits per heavy atom. The molecule has 3 N–H and O–H groups in total. The fourth-order valence-corrected chi connectivity index (χ4v) is 3.47. The first-order chi connectivity index (χ1) is 15.1. The molecule has 0 saturated carbocycles. The maximum absolute atomic E-state index is 12.9. The van der Waals surface area contributed by atoms with Crippen LogP contribution in [0, 0.1) is 5.82 Å². The molecule has 3 rings (SSSR count). The van der Waals surface area contributed by atoms with Crippen LogP contribution in [0.15, 0.2) is 53.5 Å². The Morgan fingerprint density at radius 2 is 2.00 bits per heavy atom. The molecular formula is C23H32FIN4O3. The van der Waals surface area contributed by atoms with Crippen molar-refractivity contribution in [1.82, 2.24) is 10.6 Å². The van der Waals surface area contributed by atoms with Gasteiger partial charge in [0.2, 0.25) is 0 Å². The van der Waals surface area contributed by atoms with Gasteiger partial charge in [0.15, 0.2) is 5.96 Å². The van der Waals surface area contributed by atoms with Gasteiger partial charge in [-0.25, -0.2) is 4.39 Å². The van der Waals surface area contributed by atoms with Crippen LogP contribution in [0.4, 0.5) is 10.1 Å². The van der Waals surface area contributed by atoms with Crippen molar-refractivity contribution in [3.8, 4) is 11.5 Å². The van der Waals surface area contributed by atoms with Gasteiger partial charge in [-0.05, 0) is 49.7 Å². The molecule has 1 aliphatic rings. The zero-order chi connectivity index (χ0) is 22.1. The van der Waals surface area contributed by atoms with Crippen molar-refractivity contribution in [2.24, 2.45) is 4.99 Å². The average Bonchev–Trinajstić information content (AvgIpc) is 3.25. The maximum Gasteiger partial charge on any atom is 0.191 e.